The van der Waals surface area contributed by atoms with Crippen molar-refractivity contribution in [2.24, 2.45) is 0 Å². The molecule has 162 valence electrons. The van der Waals surface area contributed by atoms with Crippen LogP contribution in [0.4, 0.5) is 5.69 Å². The topological polar surface area (TPSA) is 69.0 Å². The molecule has 8 heteroatoms. The fraction of sp³-hybridized carbons (Fsp3) is 0.125. The number of hydrogen-bond acceptors (Lipinski definition) is 5. The van der Waals surface area contributed by atoms with Gasteiger partial charge in [0.2, 0.25) is 5.91 Å². The highest BCUT2D eigenvalue weighted by Gasteiger charge is 2.16. The number of nitrogens with one attached hydrogen (secondary N) is 1. The van der Waals surface area contributed by atoms with Crippen LogP contribution in [0.3, 0.4) is 0 Å². The molecule has 0 fully saturated rings. The zero-order valence-corrected chi connectivity index (χ0v) is 18.9. The number of methoxy groups -OCH3 is 1. The zero-order chi connectivity index (χ0) is 22.3. The fourth-order valence-corrected chi connectivity index (χ4v) is 4.03. The summed E-state index contributed by atoms with van der Waals surface area (Å²) in [5.41, 5.74) is 2.73. The van der Waals surface area contributed by atoms with E-state index in [1.54, 1.807) is 31.4 Å². The van der Waals surface area contributed by atoms with Gasteiger partial charge in [0, 0.05) is 22.8 Å². The zero-order valence-electron chi connectivity index (χ0n) is 17.4. The number of nitrogens with zero attached hydrogens (tertiary/aromatic N) is 3. The quantitative estimate of drug-likeness (QED) is 0.360. The Hall–Kier alpha value is -3.29. The molecule has 0 saturated heterocycles. The first-order valence-electron chi connectivity index (χ1n) is 9.93. The molecular weight excluding hydrogens is 444 g/mol. The summed E-state index contributed by atoms with van der Waals surface area (Å²) < 4.78 is 7.26. The van der Waals surface area contributed by atoms with Crippen LogP contribution in [0.25, 0.3) is 5.69 Å². The Morgan fingerprint density at radius 3 is 2.41 bits per heavy atom. The number of aromatic nitrogens is 3. The van der Waals surface area contributed by atoms with Crippen LogP contribution in [0.2, 0.25) is 5.02 Å². The molecule has 6 nitrogen and oxygen atoms in total. The molecule has 32 heavy (non-hydrogen) atoms. The van der Waals surface area contributed by atoms with Crippen LogP contribution in [0.5, 0.6) is 5.75 Å². The maximum Gasteiger partial charge on any atom is 0.234 e. The lowest BCUT2D eigenvalue weighted by atomic mass is 10.1. The van der Waals surface area contributed by atoms with Crippen LogP contribution in [-0.2, 0) is 11.2 Å². The van der Waals surface area contributed by atoms with Crippen molar-refractivity contribution in [2.45, 2.75) is 11.6 Å². The number of amides is 1. The summed E-state index contributed by atoms with van der Waals surface area (Å²) in [5.74, 6) is 1.62. The molecular formula is C24H21ClN4O2S. The predicted molar refractivity (Wildman–Crippen MR) is 128 cm³/mol. The molecule has 4 rings (SSSR count). The Bertz CT molecular complexity index is 1180. The molecule has 0 aliphatic heterocycles. The fourth-order valence-electron chi connectivity index (χ4n) is 3.14. The third kappa shape index (κ3) is 5.49. The van der Waals surface area contributed by atoms with Crippen LogP contribution in [0, 0.1) is 0 Å². The Morgan fingerprint density at radius 2 is 1.72 bits per heavy atom. The highest BCUT2D eigenvalue weighted by atomic mass is 35.5. The molecule has 0 unspecified atom stereocenters. The van der Waals surface area contributed by atoms with Crippen molar-refractivity contribution in [3.05, 3.63) is 95.3 Å². The van der Waals surface area contributed by atoms with Gasteiger partial charge in [-0.25, -0.2) is 0 Å². The average molecular weight is 465 g/mol. The first-order valence-corrected chi connectivity index (χ1v) is 11.3. The number of benzene rings is 3. The third-order valence-corrected chi connectivity index (χ3v) is 5.88. The lowest BCUT2D eigenvalue weighted by molar-refractivity contribution is -0.113. The molecule has 0 aliphatic rings. The monoisotopic (exact) mass is 464 g/mol. The molecule has 0 saturated carbocycles. The molecule has 3 aromatic carbocycles. The Labute approximate surface area is 195 Å². The summed E-state index contributed by atoms with van der Waals surface area (Å²) in [6.45, 7) is 0. The second-order valence-corrected chi connectivity index (χ2v) is 8.32. The first-order chi connectivity index (χ1) is 15.6. The molecule has 4 aromatic rings. The lowest BCUT2D eigenvalue weighted by Gasteiger charge is -2.11. The van der Waals surface area contributed by atoms with Gasteiger partial charge in [0.25, 0.3) is 0 Å². The van der Waals surface area contributed by atoms with E-state index >= 15 is 0 Å². The van der Waals surface area contributed by atoms with E-state index < -0.39 is 0 Å². The van der Waals surface area contributed by atoms with Crippen molar-refractivity contribution in [1.29, 1.82) is 0 Å². The summed E-state index contributed by atoms with van der Waals surface area (Å²) in [6, 6.07) is 24.8. The number of anilines is 1. The summed E-state index contributed by atoms with van der Waals surface area (Å²) in [5, 5.41) is 12.9. The average Bonchev–Trinajstić information content (AvgIpc) is 3.22. The lowest BCUT2D eigenvalue weighted by Crippen LogP contribution is -2.14. The minimum absolute atomic E-state index is 0.133. The first kappa shape index (κ1) is 21.9. The van der Waals surface area contributed by atoms with Crippen molar-refractivity contribution in [2.75, 3.05) is 18.2 Å². The van der Waals surface area contributed by atoms with Gasteiger partial charge in [0.15, 0.2) is 5.16 Å². The second kappa shape index (κ2) is 10.3. The molecule has 1 N–H and O–H groups in total. The van der Waals surface area contributed by atoms with Crippen molar-refractivity contribution in [1.82, 2.24) is 14.8 Å². The van der Waals surface area contributed by atoms with Gasteiger partial charge in [0.05, 0.1) is 12.9 Å². The molecule has 1 aromatic heterocycles. The minimum Gasteiger partial charge on any atom is -0.497 e. The molecule has 0 bridgehead atoms. The van der Waals surface area contributed by atoms with E-state index in [1.807, 2.05) is 47.0 Å². The minimum atomic E-state index is -0.133. The van der Waals surface area contributed by atoms with Crippen LogP contribution >= 0.6 is 23.4 Å². The van der Waals surface area contributed by atoms with Crippen molar-refractivity contribution < 1.29 is 9.53 Å². The maximum absolute atomic E-state index is 12.5. The molecule has 0 spiro atoms. The number of hydrogen-bond donors (Lipinski definition) is 1. The van der Waals surface area contributed by atoms with Gasteiger partial charge < -0.3 is 10.1 Å². The Morgan fingerprint density at radius 1 is 1.00 bits per heavy atom. The second-order valence-electron chi connectivity index (χ2n) is 6.94. The van der Waals surface area contributed by atoms with Crippen LogP contribution in [0.15, 0.2) is 84.0 Å². The van der Waals surface area contributed by atoms with Crippen molar-refractivity contribution >= 4 is 35.0 Å². The van der Waals surface area contributed by atoms with Crippen molar-refractivity contribution in [3.8, 4) is 11.4 Å². The van der Waals surface area contributed by atoms with Gasteiger partial charge in [-0.2, -0.15) is 0 Å². The van der Waals surface area contributed by atoms with Crippen LogP contribution in [-0.4, -0.2) is 33.5 Å². The van der Waals surface area contributed by atoms with Crippen LogP contribution < -0.4 is 10.1 Å². The number of carbonyl (C=O) groups excluding carboxylic acids is 1. The summed E-state index contributed by atoms with van der Waals surface area (Å²) in [6.07, 6.45) is 0.622. The Kier molecular flexibility index (Phi) is 7.09. The smallest absolute Gasteiger partial charge is 0.234 e. The number of rotatable bonds is 8. The normalized spacial score (nSPS) is 10.7. The van der Waals surface area contributed by atoms with Gasteiger partial charge in [0.1, 0.15) is 11.6 Å². The summed E-state index contributed by atoms with van der Waals surface area (Å²) in [4.78, 5) is 12.5. The number of ether oxygens (including phenoxy) is 1. The number of thioether (sulfide) groups is 1. The highest BCUT2D eigenvalue weighted by molar-refractivity contribution is 7.99. The van der Waals surface area contributed by atoms with Crippen LogP contribution in [0.1, 0.15) is 11.4 Å². The van der Waals surface area contributed by atoms with E-state index in [1.165, 1.54) is 11.8 Å². The largest absolute Gasteiger partial charge is 0.497 e. The third-order valence-electron chi connectivity index (χ3n) is 4.70. The van der Waals surface area contributed by atoms with E-state index in [2.05, 4.69) is 27.6 Å². The van der Waals surface area contributed by atoms with E-state index in [4.69, 9.17) is 16.3 Å². The summed E-state index contributed by atoms with van der Waals surface area (Å²) >= 11 is 7.24. The van der Waals surface area contributed by atoms with Gasteiger partial charge >= 0.3 is 0 Å². The van der Waals surface area contributed by atoms with Gasteiger partial charge in [-0.05, 0) is 54.1 Å². The molecule has 1 heterocycles. The maximum atomic E-state index is 12.5. The SMILES string of the molecule is COc1ccc(-n2c(Cc3ccccc3)nnc2SCC(=O)Nc2ccc(Cl)cc2)cc1. The molecule has 0 aliphatic carbocycles. The standard InChI is InChI=1S/C24H21ClN4O2S/c1-31-21-13-11-20(12-14-21)29-22(15-17-5-3-2-4-6-17)27-28-24(29)32-16-23(30)26-19-9-7-18(25)8-10-19/h2-14H,15-16H2,1H3,(H,26,30). The number of carbonyl (C=O) groups is 1. The van der Waals surface area contributed by atoms with E-state index in [-0.39, 0.29) is 11.7 Å². The summed E-state index contributed by atoms with van der Waals surface area (Å²) in [7, 11) is 1.63. The molecule has 0 radical (unpaired) electrons. The van der Waals surface area contributed by atoms with Gasteiger partial charge in [-0.3, -0.25) is 9.36 Å². The Balaban J connectivity index is 1.55. The molecule has 0 atom stereocenters. The van der Waals surface area contributed by atoms with Gasteiger partial charge in [-0.1, -0.05) is 53.7 Å². The van der Waals surface area contributed by atoms with E-state index in [0.717, 1.165) is 22.8 Å². The van der Waals surface area contributed by atoms with E-state index in [0.29, 0.717) is 22.3 Å². The molecule has 1 amide bonds. The van der Waals surface area contributed by atoms with Gasteiger partial charge in [-0.15, -0.1) is 10.2 Å². The highest BCUT2D eigenvalue weighted by Crippen LogP contribution is 2.25. The van der Waals surface area contributed by atoms with Crippen molar-refractivity contribution in [3.63, 3.8) is 0 Å². The number of halogens is 1. The predicted octanol–water partition coefficient (Wildman–Crippen LogP) is 5.25. The van der Waals surface area contributed by atoms with E-state index in [9.17, 15) is 4.79 Å².